The van der Waals surface area contributed by atoms with E-state index >= 15 is 0 Å². The van der Waals surface area contributed by atoms with Gasteiger partial charge in [0.25, 0.3) is 0 Å². The Morgan fingerprint density at radius 3 is 2.37 bits per heavy atom. The van der Waals surface area contributed by atoms with Crippen molar-refractivity contribution in [2.75, 3.05) is 20.2 Å². The zero-order valence-corrected chi connectivity index (χ0v) is 12.4. The average molecular weight is 263 g/mol. The van der Waals surface area contributed by atoms with Crippen LogP contribution in [-0.4, -0.2) is 25.3 Å². The highest BCUT2D eigenvalue weighted by Gasteiger charge is 2.36. The monoisotopic (exact) mass is 263 g/mol. The van der Waals surface area contributed by atoms with E-state index in [9.17, 15) is 5.11 Å². The van der Waals surface area contributed by atoms with Gasteiger partial charge in [-0.3, -0.25) is 0 Å². The van der Waals surface area contributed by atoms with Gasteiger partial charge in [0.05, 0.1) is 12.7 Å². The molecule has 0 aliphatic carbocycles. The minimum Gasteiger partial charge on any atom is -0.496 e. The van der Waals surface area contributed by atoms with Crippen LogP contribution >= 0.6 is 0 Å². The summed E-state index contributed by atoms with van der Waals surface area (Å²) in [6.07, 6.45) is 2.01. The molecule has 106 valence electrons. The predicted octanol–water partition coefficient (Wildman–Crippen LogP) is 2.52. The largest absolute Gasteiger partial charge is 0.496 e. The number of methoxy groups -OCH3 is 1. The van der Waals surface area contributed by atoms with Crippen LogP contribution in [0.25, 0.3) is 0 Å². The number of nitrogens with one attached hydrogen (secondary N) is 1. The van der Waals surface area contributed by atoms with Crippen LogP contribution in [-0.2, 0) is 5.60 Å². The van der Waals surface area contributed by atoms with E-state index in [2.05, 4.69) is 25.2 Å². The lowest BCUT2D eigenvalue weighted by Gasteiger charge is -2.37. The quantitative estimate of drug-likeness (QED) is 0.880. The summed E-state index contributed by atoms with van der Waals surface area (Å²) in [4.78, 5) is 0. The zero-order chi connectivity index (χ0) is 14.0. The Hall–Kier alpha value is -1.06. The second-order valence-electron chi connectivity index (χ2n) is 5.81. The molecule has 2 N–H and O–H groups in total. The van der Waals surface area contributed by atoms with Crippen molar-refractivity contribution >= 4 is 0 Å². The first-order chi connectivity index (χ1) is 8.96. The highest BCUT2D eigenvalue weighted by molar-refractivity contribution is 5.45. The molecule has 1 unspecified atom stereocenters. The molecule has 1 aromatic rings. The predicted molar refractivity (Wildman–Crippen MR) is 77.6 cm³/mol. The van der Waals surface area contributed by atoms with Crippen LogP contribution in [0.15, 0.2) is 12.1 Å². The summed E-state index contributed by atoms with van der Waals surface area (Å²) in [5.74, 6) is 1.08. The minimum atomic E-state index is -0.827. The van der Waals surface area contributed by atoms with Gasteiger partial charge in [0.15, 0.2) is 0 Å². The van der Waals surface area contributed by atoms with Crippen LogP contribution in [0.4, 0.5) is 0 Å². The van der Waals surface area contributed by atoms with Gasteiger partial charge in [-0.15, -0.1) is 0 Å². The molecule has 1 aromatic carbocycles. The van der Waals surface area contributed by atoms with Crippen molar-refractivity contribution in [3.8, 4) is 5.75 Å². The van der Waals surface area contributed by atoms with Gasteiger partial charge < -0.3 is 15.2 Å². The van der Waals surface area contributed by atoms with Crippen LogP contribution in [0.1, 0.15) is 36.5 Å². The summed E-state index contributed by atoms with van der Waals surface area (Å²) in [5.41, 5.74) is 2.49. The minimum absolute atomic E-state index is 0.282. The molecule has 19 heavy (non-hydrogen) atoms. The maximum absolute atomic E-state index is 11.0. The van der Waals surface area contributed by atoms with E-state index in [1.807, 2.05) is 13.0 Å². The first-order valence-corrected chi connectivity index (χ1v) is 7.05. The van der Waals surface area contributed by atoms with Crippen LogP contribution in [0.3, 0.4) is 0 Å². The van der Waals surface area contributed by atoms with Crippen molar-refractivity contribution < 1.29 is 9.84 Å². The fourth-order valence-corrected chi connectivity index (χ4v) is 2.96. The molecule has 0 spiro atoms. The number of ether oxygens (including phenoxy) is 1. The maximum atomic E-state index is 11.0. The average Bonchev–Trinajstić information content (AvgIpc) is 2.42. The number of hydrogen-bond donors (Lipinski definition) is 2. The van der Waals surface area contributed by atoms with Crippen molar-refractivity contribution in [1.82, 2.24) is 5.32 Å². The fraction of sp³-hybridized carbons (Fsp3) is 0.625. The van der Waals surface area contributed by atoms with Gasteiger partial charge in [0.2, 0.25) is 0 Å². The first kappa shape index (κ1) is 14.4. The number of benzene rings is 1. The third-order valence-electron chi connectivity index (χ3n) is 4.50. The number of aryl methyl sites for hydroxylation is 2. The number of hydrogen-bond acceptors (Lipinski definition) is 3. The van der Waals surface area contributed by atoms with Gasteiger partial charge in [-0.05, 0) is 75.9 Å². The van der Waals surface area contributed by atoms with Crippen LogP contribution in [0.5, 0.6) is 5.75 Å². The third kappa shape index (κ3) is 2.77. The van der Waals surface area contributed by atoms with Gasteiger partial charge >= 0.3 is 0 Å². The van der Waals surface area contributed by atoms with Gasteiger partial charge in [0, 0.05) is 5.56 Å². The highest BCUT2D eigenvalue weighted by Crippen LogP contribution is 2.40. The maximum Gasteiger partial charge on any atom is 0.125 e. The van der Waals surface area contributed by atoms with E-state index in [-0.39, 0.29) is 5.92 Å². The van der Waals surface area contributed by atoms with Crippen molar-refractivity contribution in [3.63, 3.8) is 0 Å². The van der Waals surface area contributed by atoms with Crippen molar-refractivity contribution in [2.45, 2.75) is 39.2 Å². The highest BCUT2D eigenvalue weighted by atomic mass is 16.5. The lowest BCUT2D eigenvalue weighted by molar-refractivity contribution is -0.0204. The molecule has 1 aliphatic rings. The molecular weight excluding hydrogens is 238 g/mol. The normalized spacial score (nSPS) is 20.1. The Morgan fingerprint density at radius 2 is 1.79 bits per heavy atom. The van der Waals surface area contributed by atoms with Crippen molar-refractivity contribution in [1.29, 1.82) is 0 Å². The SMILES string of the molecule is COc1cc(C)c(C)cc1C(C)(O)C1CCNCC1. The molecule has 0 saturated carbocycles. The van der Waals surface area contributed by atoms with Crippen LogP contribution in [0.2, 0.25) is 0 Å². The summed E-state index contributed by atoms with van der Waals surface area (Å²) >= 11 is 0. The number of aliphatic hydroxyl groups is 1. The summed E-state index contributed by atoms with van der Waals surface area (Å²) in [5, 5.41) is 14.4. The molecule has 1 atom stereocenters. The molecule has 1 aliphatic heterocycles. The Morgan fingerprint density at radius 1 is 1.21 bits per heavy atom. The van der Waals surface area contributed by atoms with E-state index in [4.69, 9.17) is 4.74 Å². The van der Waals surface area contributed by atoms with E-state index < -0.39 is 5.60 Å². The Labute approximate surface area is 116 Å². The van der Waals surface area contributed by atoms with Gasteiger partial charge in [-0.2, -0.15) is 0 Å². The van der Waals surface area contributed by atoms with Crippen LogP contribution < -0.4 is 10.1 Å². The smallest absolute Gasteiger partial charge is 0.125 e. The van der Waals surface area contributed by atoms with Gasteiger partial charge in [0.1, 0.15) is 5.75 Å². The zero-order valence-electron chi connectivity index (χ0n) is 12.4. The number of rotatable bonds is 3. The second kappa shape index (κ2) is 5.51. The molecule has 0 bridgehead atoms. The topological polar surface area (TPSA) is 41.5 Å². The standard InChI is InChI=1S/C16H25NO2/c1-11-9-14(15(19-4)10-12(11)2)16(3,18)13-5-7-17-8-6-13/h9-10,13,17-18H,5-8H2,1-4H3. The summed E-state index contributed by atoms with van der Waals surface area (Å²) in [7, 11) is 1.67. The summed E-state index contributed by atoms with van der Waals surface area (Å²) in [6.45, 7) is 8.04. The molecule has 0 aromatic heterocycles. The summed E-state index contributed by atoms with van der Waals surface area (Å²) < 4.78 is 5.48. The molecule has 2 rings (SSSR count). The Bertz CT molecular complexity index is 448. The molecule has 1 fully saturated rings. The molecule has 1 heterocycles. The van der Waals surface area contributed by atoms with Crippen molar-refractivity contribution in [3.05, 3.63) is 28.8 Å². The van der Waals surface area contributed by atoms with E-state index in [0.717, 1.165) is 37.2 Å². The lowest BCUT2D eigenvalue weighted by Crippen LogP contribution is -2.40. The Balaban J connectivity index is 2.40. The van der Waals surface area contributed by atoms with Crippen LogP contribution in [0, 0.1) is 19.8 Å². The molecule has 0 amide bonds. The molecule has 0 radical (unpaired) electrons. The Kier molecular flexibility index (Phi) is 4.16. The first-order valence-electron chi connectivity index (χ1n) is 7.05. The molecular formula is C16H25NO2. The lowest BCUT2D eigenvalue weighted by atomic mass is 9.76. The second-order valence-corrected chi connectivity index (χ2v) is 5.81. The number of piperidine rings is 1. The van der Waals surface area contributed by atoms with E-state index in [1.165, 1.54) is 11.1 Å². The third-order valence-corrected chi connectivity index (χ3v) is 4.50. The van der Waals surface area contributed by atoms with Crippen molar-refractivity contribution in [2.24, 2.45) is 5.92 Å². The molecule has 3 nitrogen and oxygen atoms in total. The molecule has 3 heteroatoms. The summed E-state index contributed by atoms with van der Waals surface area (Å²) in [6, 6.07) is 4.11. The fourth-order valence-electron chi connectivity index (χ4n) is 2.96. The van der Waals surface area contributed by atoms with E-state index in [1.54, 1.807) is 7.11 Å². The van der Waals surface area contributed by atoms with Gasteiger partial charge in [-0.1, -0.05) is 0 Å². The van der Waals surface area contributed by atoms with Gasteiger partial charge in [-0.25, -0.2) is 0 Å². The molecule has 1 saturated heterocycles. The van der Waals surface area contributed by atoms with E-state index in [0.29, 0.717) is 0 Å².